The Balaban J connectivity index is 1.91. The topological polar surface area (TPSA) is 93.8 Å². The van der Waals surface area contributed by atoms with Crippen molar-refractivity contribution in [3.8, 4) is 5.75 Å². The van der Waals surface area contributed by atoms with Crippen LogP contribution in [0.3, 0.4) is 0 Å². The van der Waals surface area contributed by atoms with Gasteiger partial charge in [-0.1, -0.05) is 11.6 Å². The second kappa shape index (κ2) is 7.70. The van der Waals surface area contributed by atoms with E-state index in [9.17, 15) is 14.9 Å². The lowest BCUT2D eigenvalue weighted by Gasteiger charge is -2.05. The molecule has 0 aliphatic heterocycles. The van der Waals surface area contributed by atoms with Gasteiger partial charge in [-0.25, -0.2) is 5.43 Å². The van der Waals surface area contributed by atoms with Crippen molar-refractivity contribution in [3.63, 3.8) is 0 Å². The Kier molecular flexibility index (Phi) is 5.67. The third-order valence-electron chi connectivity index (χ3n) is 2.75. The van der Waals surface area contributed by atoms with Crippen molar-refractivity contribution in [1.29, 1.82) is 0 Å². The maximum Gasteiger partial charge on any atom is 0.312 e. The van der Waals surface area contributed by atoms with Gasteiger partial charge in [-0.3, -0.25) is 14.9 Å². The minimum atomic E-state index is -0.628. The van der Waals surface area contributed by atoms with Gasteiger partial charge in [0.15, 0.2) is 12.4 Å². The molecule has 1 amide bonds. The number of hydrogen-bond donors (Lipinski definition) is 1. The lowest BCUT2D eigenvalue weighted by atomic mass is 10.3. The van der Waals surface area contributed by atoms with Crippen molar-refractivity contribution >= 4 is 40.7 Å². The van der Waals surface area contributed by atoms with Gasteiger partial charge in [-0.05, 0) is 36.1 Å². The number of nitro groups is 1. The molecular weight excluding hydrogens is 342 g/mol. The Morgan fingerprint density at radius 2 is 2.30 bits per heavy atom. The van der Waals surface area contributed by atoms with E-state index in [0.29, 0.717) is 0 Å². The third kappa shape index (κ3) is 4.76. The van der Waals surface area contributed by atoms with Gasteiger partial charge >= 0.3 is 5.69 Å². The van der Waals surface area contributed by atoms with E-state index < -0.39 is 17.4 Å². The molecule has 1 N–H and O–H groups in total. The van der Waals surface area contributed by atoms with Crippen LogP contribution < -0.4 is 10.2 Å². The van der Waals surface area contributed by atoms with Crippen molar-refractivity contribution in [3.05, 3.63) is 55.2 Å². The Labute approximate surface area is 140 Å². The average molecular weight is 354 g/mol. The minimum absolute atomic E-state index is 0.0346. The fraction of sp³-hybridized carbons (Fsp3) is 0.143. The third-order valence-corrected chi connectivity index (χ3v) is 3.94. The molecule has 0 aliphatic carbocycles. The molecule has 0 saturated heterocycles. The van der Waals surface area contributed by atoms with E-state index in [1.54, 1.807) is 0 Å². The molecule has 1 heterocycles. The standard InChI is InChI=1S/C14H12ClN3O4S/c1-9-4-5-23-13(9)7-16-17-14(19)8-22-12-3-2-10(15)6-11(12)18(20)21/h2-7H,8H2,1H3,(H,17,19)/b16-7-. The van der Waals surface area contributed by atoms with Gasteiger partial charge < -0.3 is 4.74 Å². The lowest BCUT2D eigenvalue weighted by molar-refractivity contribution is -0.385. The van der Waals surface area contributed by atoms with Crippen molar-refractivity contribution < 1.29 is 14.5 Å². The van der Waals surface area contributed by atoms with Crippen molar-refractivity contribution in [2.24, 2.45) is 5.10 Å². The fourth-order valence-corrected chi connectivity index (χ4v) is 2.56. The SMILES string of the molecule is Cc1ccsc1/C=N\NC(=O)COc1ccc(Cl)cc1[N+](=O)[O-]. The molecule has 0 unspecified atom stereocenters. The minimum Gasteiger partial charge on any atom is -0.477 e. The number of thiophene rings is 1. The summed E-state index contributed by atoms with van der Waals surface area (Å²) in [6.07, 6.45) is 1.53. The van der Waals surface area contributed by atoms with Crippen LogP contribution in [0.15, 0.2) is 34.7 Å². The number of hydrazone groups is 1. The molecule has 0 atom stereocenters. The second-order valence-corrected chi connectivity index (χ2v) is 5.80. The predicted molar refractivity (Wildman–Crippen MR) is 88.4 cm³/mol. The van der Waals surface area contributed by atoms with Crippen LogP contribution in [0.4, 0.5) is 5.69 Å². The van der Waals surface area contributed by atoms with E-state index in [1.165, 1.54) is 29.7 Å². The van der Waals surface area contributed by atoms with E-state index in [4.69, 9.17) is 16.3 Å². The number of rotatable bonds is 6. The maximum atomic E-state index is 11.6. The van der Waals surface area contributed by atoms with E-state index in [-0.39, 0.29) is 16.5 Å². The molecule has 0 bridgehead atoms. The lowest BCUT2D eigenvalue weighted by Crippen LogP contribution is -2.24. The summed E-state index contributed by atoms with van der Waals surface area (Å²) < 4.78 is 5.14. The molecule has 0 radical (unpaired) electrons. The van der Waals surface area contributed by atoms with Crippen LogP contribution in [0.2, 0.25) is 5.02 Å². The maximum absolute atomic E-state index is 11.6. The summed E-state index contributed by atoms with van der Waals surface area (Å²) in [5.41, 5.74) is 3.05. The van der Waals surface area contributed by atoms with Crippen molar-refractivity contribution in [2.75, 3.05) is 6.61 Å². The number of benzene rings is 1. The van der Waals surface area contributed by atoms with Gasteiger partial charge in [0.1, 0.15) is 0 Å². The summed E-state index contributed by atoms with van der Waals surface area (Å²) in [4.78, 5) is 22.8. The van der Waals surface area contributed by atoms with E-state index in [1.807, 2.05) is 18.4 Å². The predicted octanol–water partition coefficient (Wildman–Crippen LogP) is 3.15. The molecule has 2 rings (SSSR count). The molecule has 0 saturated carbocycles. The van der Waals surface area contributed by atoms with Gasteiger partial charge in [0.25, 0.3) is 5.91 Å². The van der Waals surface area contributed by atoms with E-state index >= 15 is 0 Å². The van der Waals surface area contributed by atoms with Gasteiger partial charge in [0.05, 0.1) is 11.1 Å². The molecule has 0 spiro atoms. The number of ether oxygens (including phenoxy) is 1. The highest BCUT2D eigenvalue weighted by atomic mass is 35.5. The molecule has 120 valence electrons. The number of nitrogens with zero attached hydrogens (tertiary/aromatic N) is 2. The summed E-state index contributed by atoms with van der Waals surface area (Å²) in [7, 11) is 0. The van der Waals surface area contributed by atoms with Crippen molar-refractivity contribution in [1.82, 2.24) is 5.43 Å². The van der Waals surface area contributed by atoms with Crippen LogP contribution in [0.1, 0.15) is 10.4 Å². The largest absolute Gasteiger partial charge is 0.477 e. The highest BCUT2D eigenvalue weighted by molar-refractivity contribution is 7.11. The summed E-state index contributed by atoms with van der Waals surface area (Å²) in [6.45, 7) is 1.53. The number of aryl methyl sites for hydroxylation is 1. The Hall–Kier alpha value is -2.45. The fourth-order valence-electron chi connectivity index (χ4n) is 1.61. The first-order valence-electron chi connectivity index (χ1n) is 6.40. The zero-order valence-corrected chi connectivity index (χ0v) is 13.6. The van der Waals surface area contributed by atoms with Gasteiger partial charge in [0.2, 0.25) is 0 Å². The quantitative estimate of drug-likeness (QED) is 0.490. The molecule has 1 aromatic carbocycles. The number of nitrogens with one attached hydrogen (secondary N) is 1. The number of halogens is 1. The number of carbonyl (C=O) groups is 1. The highest BCUT2D eigenvalue weighted by Crippen LogP contribution is 2.29. The zero-order chi connectivity index (χ0) is 16.8. The number of carbonyl (C=O) groups excluding carboxylic acids is 1. The van der Waals surface area contributed by atoms with E-state index in [2.05, 4.69) is 10.5 Å². The zero-order valence-electron chi connectivity index (χ0n) is 12.0. The summed E-state index contributed by atoms with van der Waals surface area (Å²) in [5, 5.41) is 16.8. The van der Waals surface area contributed by atoms with Gasteiger partial charge in [0, 0.05) is 16.0 Å². The molecule has 0 fully saturated rings. The molecule has 23 heavy (non-hydrogen) atoms. The normalized spacial score (nSPS) is 10.7. The molecular formula is C14H12ClN3O4S. The van der Waals surface area contributed by atoms with Crippen molar-refractivity contribution in [2.45, 2.75) is 6.92 Å². The Morgan fingerprint density at radius 1 is 1.52 bits per heavy atom. The van der Waals surface area contributed by atoms with Crippen LogP contribution in [-0.2, 0) is 4.79 Å². The summed E-state index contributed by atoms with van der Waals surface area (Å²) in [5.74, 6) is -0.563. The molecule has 9 heteroatoms. The molecule has 1 aromatic heterocycles. The number of amides is 1. The van der Waals surface area contributed by atoms with E-state index in [0.717, 1.165) is 16.5 Å². The molecule has 7 nitrogen and oxygen atoms in total. The van der Waals surface area contributed by atoms with Crippen LogP contribution in [0, 0.1) is 17.0 Å². The summed E-state index contributed by atoms with van der Waals surface area (Å²) in [6, 6.07) is 5.88. The molecule has 2 aromatic rings. The first-order chi connectivity index (χ1) is 11.0. The second-order valence-electron chi connectivity index (χ2n) is 4.42. The monoisotopic (exact) mass is 353 g/mol. The van der Waals surface area contributed by atoms with Gasteiger partial charge in [-0.2, -0.15) is 5.10 Å². The van der Waals surface area contributed by atoms with Crippen LogP contribution >= 0.6 is 22.9 Å². The van der Waals surface area contributed by atoms with Crippen LogP contribution in [0.5, 0.6) is 5.75 Å². The number of hydrogen-bond acceptors (Lipinski definition) is 6. The van der Waals surface area contributed by atoms with Gasteiger partial charge in [-0.15, -0.1) is 11.3 Å². The smallest absolute Gasteiger partial charge is 0.312 e. The highest BCUT2D eigenvalue weighted by Gasteiger charge is 2.16. The number of nitro benzene ring substituents is 1. The first-order valence-corrected chi connectivity index (χ1v) is 7.66. The Morgan fingerprint density at radius 3 is 2.96 bits per heavy atom. The average Bonchev–Trinajstić information content (AvgIpc) is 2.91. The molecule has 0 aliphatic rings. The first kappa shape index (κ1) is 16.9. The van der Waals surface area contributed by atoms with Crippen LogP contribution in [0.25, 0.3) is 0 Å². The van der Waals surface area contributed by atoms with Crippen LogP contribution in [-0.4, -0.2) is 23.7 Å². The summed E-state index contributed by atoms with van der Waals surface area (Å²) >= 11 is 7.19. The Bertz CT molecular complexity index is 760.